The molecule has 0 aliphatic heterocycles. The van der Waals surface area contributed by atoms with Crippen LogP contribution in [0.4, 0.5) is 0 Å². The average molecular weight is 408 g/mol. The number of carbonyl (C=O) groups is 1. The predicted molar refractivity (Wildman–Crippen MR) is 108 cm³/mol. The Hall–Kier alpha value is -3.59. The van der Waals surface area contributed by atoms with Gasteiger partial charge in [-0.3, -0.25) is 14.7 Å². The molecule has 0 aliphatic carbocycles. The van der Waals surface area contributed by atoms with Crippen LogP contribution in [0.25, 0.3) is 17.0 Å². The molecule has 4 aromatic rings. The minimum Gasteiger partial charge on any atom is -0.497 e. The second-order valence-corrected chi connectivity index (χ2v) is 6.89. The van der Waals surface area contributed by atoms with Gasteiger partial charge in [-0.25, -0.2) is 14.5 Å². The van der Waals surface area contributed by atoms with Crippen LogP contribution in [0.3, 0.4) is 0 Å². The lowest BCUT2D eigenvalue weighted by Gasteiger charge is -2.08. The zero-order chi connectivity index (χ0) is 20.2. The summed E-state index contributed by atoms with van der Waals surface area (Å²) >= 11 is 1.15. The van der Waals surface area contributed by atoms with Crippen molar-refractivity contribution >= 4 is 23.4 Å². The monoisotopic (exact) mass is 408 g/mol. The molecule has 2 heterocycles. The molecule has 0 amide bonds. The first kappa shape index (κ1) is 18.8. The molecule has 0 saturated carbocycles. The van der Waals surface area contributed by atoms with Crippen molar-refractivity contribution in [1.29, 1.82) is 0 Å². The number of nitrogens with one attached hydrogen (secondary N) is 1. The first-order valence-corrected chi connectivity index (χ1v) is 9.64. The third kappa shape index (κ3) is 4.30. The van der Waals surface area contributed by atoms with Crippen LogP contribution in [-0.2, 0) is 4.79 Å². The van der Waals surface area contributed by atoms with Gasteiger partial charge in [0.2, 0.25) is 0 Å². The zero-order valence-electron chi connectivity index (χ0n) is 15.4. The van der Waals surface area contributed by atoms with Crippen LogP contribution >= 0.6 is 11.8 Å². The molecule has 0 spiro atoms. The number of fused-ring (bicyclic) bond motifs is 1. The Morgan fingerprint density at radius 3 is 2.55 bits per heavy atom. The van der Waals surface area contributed by atoms with Crippen LogP contribution < -0.4 is 15.0 Å². The summed E-state index contributed by atoms with van der Waals surface area (Å²) in [5.74, 6) is 1.22. The number of nitrogens with zero attached hydrogens (tertiary/aromatic N) is 3. The maximum atomic E-state index is 12.2. The van der Waals surface area contributed by atoms with E-state index in [-0.39, 0.29) is 11.3 Å². The Morgan fingerprint density at radius 2 is 1.83 bits per heavy atom. The Kier molecular flexibility index (Phi) is 5.30. The van der Waals surface area contributed by atoms with Crippen molar-refractivity contribution < 1.29 is 14.3 Å². The van der Waals surface area contributed by atoms with E-state index in [4.69, 9.17) is 9.47 Å². The molecule has 0 unspecified atom stereocenters. The van der Waals surface area contributed by atoms with Crippen molar-refractivity contribution in [3.63, 3.8) is 0 Å². The molecule has 0 aliphatic rings. The van der Waals surface area contributed by atoms with Crippen molar-refractivity contribution in [1.82, 2.24) is 19.6 Å². The summed E-state index contributed by atoms with van der Waals surface area (Å²) in [6, 6.07) is 17.5. The number of thioether (sulfide) groups is 1. The maximum Gasteiger partial charge on any atom is 0.321 e. The van der Waals surface area contributed by atoms with Gasteiger partial charge in [0.25, 0.3) is 5.56 Å². The first-order valence-electron chi connectivity index (χ1n) is 8.65. The number of carbonyl (C=O) groups excluding carboxylic acids is 1. The Bertz CT molecular complexity index is 1200. The molecule has 0 atom stereocenters. The molecular weight excluding hydrogens is 392 g/mol. The summed E-state index contributed by atoms with van der Waals surface area (Å²) in [4.78, 5) is 32.9. The second-order valence-electron chi connectivity index (χ2n) is 5.95. The van der Waals surface area contributed by atoms with E-state index in [1.54, 1.807) is 43.5 Å². The lowest BCUT2D eigenvalue weighted by molar-refractivity contribution is -0.131. The molecule has 1 N–H and O–H groups in total. The van der Waals surface area contributed by atoms with Gasteiger partial charge in [-0.15, -0.1) is 0 Å². The summed E-state index contributed by atoms with van der Waals surface area (Å²) in [5, 5.41) is 3.06. The van der Waals surface area contributed by atoms with E-state index in [0.717, 1.165) is 17.3 Å². The lowest BCUT2D eigenvalue weighted by atomic mass is 10.2. The van der Waals surface area contributed by atoms with Crippen LogP contribution in [0.5, 0.6) is 11.5 Å². The van der Waals surface area contributed by atoms with Gasteiger partial charge in [-0.05, 0) is 36.4 Å². The molecule has 29 heavy (non-hydrogen) atoms. The smallest absolute Gasteiger partial charge is 0.321 e. The summed E-state index contributed by atoms with van der Waals surface area (Å²) in [6.45, 7) is 0. The second kappa shape index (κ2) is 8.19. The summed E-state index contributed by atoms with van der Waals surface area (Å²) in [7, 11) is 1.59. The van der Waals surface area contributed by atoms with E-state index in [1.807, 2.05) is 18.2 Å². The highest BCUT2D eigenvalue weighted by Crippen LogP contribution is 2.23. The number of ether oxygens (including phenoxy) is 2. The number of benzene rings is 2. The number of para-hydroxylation sites is 1. The molecular formula is C20H16N4O4S. The standard InChI is InChI=1S/C20H16N4O4S/c1-27-14-9-7-13(8-10-14)19-21-16-11-17(25)23-24(16)20(22-19)29-12-18(26)28-15-5-3-2-4-6-15/h2-11H,12H2,1H3,(H,23,25). The van der Waals surface area contributed by atoms with Gasteiger partial charge in [0, 0.05) is 11.6 Å². The van der Waals surface area contributed by atoms with Gasteiger partial charge in [-0.2, -0.15) is 0 Å². The fraction of sp³-hybridized carbons (Fsp3) is 0.100. The highest BCUT2D eigenvalue weighted by atomic mass is 32.2. The van der Waals surface area contributed by atoms with Crippen LogP contribution in [0.15, 0.2) is 70.6 Å². The van der Waals surface area contributed by atoms with Crippen molar-refractivity contribution in [2.24, 2.45) is 0 Å². The van der Waals surface area contributed by atoms with Gasteiger partial charge in [0.1, 0.15) is 11.5 Å². The fourth-order valence-corrected chi connectivity index (χ4v) is 3.35. The SMILES string of the molecule is COc1ccc(-c2nc(SCC(=O)Oc3ccccc3)n3[nH]c(=O)cc3n2)cc1. The van der Waals surface area contributed by atoms with Crippen LogP contribution in [0.2, 0.25) is 0 Å². The molecule has 8 nitrogen and oxygen atoms in total. The molecule has 2 aromatic heterocycles. The Labute approximate surface area is 169 Å². The molecule has 0 fully saturated rings. The van der Waals surface area contributed by atoms with E-state index >= 15 is 0 Å². The largest absolute Gasteiger partial charge is 0.497 e. The number of hydrogen-bond acceptors (Lipinski definition) is 7. The van der Waals surface area contributed by atoms with Crippen LogP contribution in [-0.4, -0.2) is 38.4 Å². The van der Waals surface area contributed by atoms with E-state index in [2.05, 4.69) is 15.1 Å². The normalized spacial score (nSPS) is 10.8. The number of H-pyrrole nitrogens is 1. The van der Waals surface area contributed by atoms with Gasteiger partial charge >= 0.3 is 5.97 Å². The molecule has 146 valence electrons. The minimum atomic E-state index is -0.423. The van der Waals surface area contributed by atoms with E-state index < -0.39 is 5.97 Å². The van der Waals surface area contributed by atoms with E-state index in [0.29, 0.717) is 28.1 Å². The first-order chi connectivity index (χ1) is 14.1. The summed E-state index contributed by atoms with van der Waals surface area (Å²) < 4.78 is 11.9. The minimum absolute atomic E-state index is 0.0171. The third-order valence-electron chi connectivity index (χ3n) is 3.97. The highest BCUT2D eigenvalue weighted by molar-refractivity contribution is 7.99. The summed E-state index contributed by atoms with van der Waals surface area (Å²) in [5.41, 5.74) is 0.866. The van der Waals surface area contributed by atoms with Crippen molar-refractivity contribution in [2.75, 3.05) is 12.9 Å². The van der Waals surface area contributed by atoms with Gasteiger partial charge < -0.3 is 9.47 Å². The van der Waals surface area contributed by atoms with Gasteiger partial charge in [-0.1, -0.05) is 30.0 Å². The number of aromatic nitrogens is 4. The number of aromatic amines is 1. The van der Waals surface area contributed by atoms with Crippen LogP contribution in [0.1, 0.15) is 0 Å². The van der Waals surface area contributed by atoms with Crippen molar-refractivity contribution in [3.05, 3.63) is 71.0 Å². The predicted octanol–water partition coefficient (Wildman–Crippen LogP) is 2.79. The summed E-state index contributed by atoms with van der Waals surface area (Å²) in [6.07, 6.45) is 0. The fourth-order valence-electron chi connectivity index (χ4n) is 2.62. The molecule has 4 rings (SSSR count). The highest BCUT2D eigenvalue weighted by Gasteiger charge is 2.14. The average Bonchev–Trinajstić information content (AvgIpc) is 3.13. The third-order valence-corrected chi connectivity index (χ3v) is 4.88. The van der Waals surface area contributed by atoms with E-state index in [9.17, 15) is 9.59 Å². The molecule has 0 radical (unpaired) electrons. The van der Waals surface area contributed by atoms with E-state index in [1.165, 1.54) is 10.6 Å². The zero-order valence-corrected chi connectivity index (χ0v) is 16.2. The van der Waals surface area contributed by atoms with Crippen molar-refractivity contribution in [2.45, 2.75) is 5.16 Å². The maximum absolute atomic E-state index is 12.2. The molecule has 0 saturated heterocycles. The van der Waals surface area contributed by atoms with Gasteiger partial charge in [0.05, 0.1) is 12.9 Å². The number of esters is 1. The Morgan fingerprint density at radius 1 is 1.07 bits per heavy atom. The van der Waals surface area contributed by atoms with Gasteiger partial charge in [0.15, 0.2) is 16.6 Å². The quantitative estimate of drug-likeness (QED) is 0.298. The topological polar surface area (TPSA) is 98.6 Å². The lowest BCUT2D eigenvalue weighted by Crippen LogP contribution is -2.12. The van der Waals surface area contributed by atoms with Crippen molar-refractivity contribution in [3.8, 4) is 22.9 Å². The molecule has 2 aromatic carbocycles. The van der Waals surface area contributed by atoms with Crippen LogP contribution in [0, 0.1) is 0 Å². The molecule has 0 bridgehead atoms. The number of rotatable bonds is 6. The number of hydrogen-bond donors (Lipinski definition) is 1. The molecule has 9 heteroatoms. The number of methoxy groups -OCH3 is 1. The Balaban J connectivity index is 1.60.